The van der Waals surface area contributed by atoms with Gasteiger partial charge in [-0.25, -0.2) is 9.97 Å². The van der Waals surface area contributed by atoms with Gasteiger partial charge >= 0.3 is 0 Å². The van der Waals surface area contributed by atoms with Crippen molar-refractivity contribution < 1.29 is 0 Å². The van der Waals surface area contributed by atoms with E-state index in [-0.39, 0.29) is 5.54 Å². The Balaban J connectivity index is 1.99. The number of nitriles is 1. The molecule has 1 aromatic heterocycles. The molecule has 0 bridgehead atoms. The van der Waals surface area contributed by atoms with Crippen LogP contribution < -0.4 is 4.90 Å². The second-order valence-corrected chi connectivity index (χ2v) is 5.52. The van der Waals surface area contributed by atoms with E-state index in [4.69, 9.17) is 5.26 Å². The number of hydrogen-bond donors (Lipinski definition) is 0. The van der Waals surface area contributed by atoms with Gasteiger partial charge in [-0.15, -0.1) is 0 Å². The monoisotopic (exact) mass is 245 g/mol. The van der Waals surface area contributed by atoms with E-state index < -0.39 is 0 Å². The Kier molecular flexibility index (Phi) is 3.48. The highest BCUT2D eigenvalue weighted by Crippen LogP contribution is 2.18. The lowest BCUT2D eigenvalue weighted by Gasteiger charge is -2.42. The van der Waals surface area contributed by atoms with Crippen LogP contribution in [0.25, 0.3) is 0 Å². The quantitative estimate of drug-likeness (QED) is 0.745. The molecule has 96 valence electrons. The number of rotatable bonds is 1. The minimum absolute atomic E-state index is 0.225. The van der Waals surface area contributed by atoms with Gasteiger partial charge in [0.15, 0.2) is 5.69 Å². The fraction of sp³-hybridized carbons (Fsp3) is 0.615. The third kappa shape index (κ3) is 2.77. The van der Waals surface area contributed by atoms with Crippen molar-refractivity contribution in [1.82, 2.24) is 14.9 Å². The summed E-state index contributed by atoms with van der Waals surface area (Å²) >= 11 is 0. The maximum absolute atomic E-state index is 8.69. The second kappa shape index (κ2) is 4.91. The fourth-order valence-corrected chi connectivity index (χ4v) is 2.15. The Bertz CT molecular complexity index is 432. The molecule has 0 N–H and O–H groups in total. The molecule has 1 aromatic rings. The van der Waals surface area contributed by atoms with Gasteiger partial charge in [0.2, 0.25) is 0 Å². The Morgan fingerprint density at radius 1 is 1.11 bits per heavy atom. The van der Waals surface area contributed by atoms with E-state index in [1.165, 1.54) is 6.20 Å². The summed E-state index contributed by atoms with van der Waals surface area (Å²) < 4.78 is 0. The average Bonchev–Trinajstić information content (AvgIpc) is 2.38. The van der Waals surface area contributed by atoms with Gasteiger partial charge in [0.05, 0.1) is 12.4 Å². The van der Waals surface area contributed by atoms with E-state index >= 15 is 0 Å². The molecule has 18 heavy (non-hydrogen) atoms. The first-order chi connectivity index (χ1) is 8.50. The van der Waals surface area contributed by atoms with Gasteiger partial charge in [0.1, 0.15) is 11.9 Å². The molecule has 0 amide bonds. The second-order valence-electron chi connectivity index (χ2n) is 5.52. The van der Waals surface area contributed by atoms with Crippen molar-refractivity contribution in [3.05, 3.63) is 18.1 Å². The topological polar surface area (TPSA) is 56.0 Å². The van der Waals surface area contributed by atoms with Crippen LogP contribution in [0.4, 0.5) is 5.82 Å². The number of anilines is 1. The number of aromatic nitrogens is 2. The lowest BCUT2D eigenvalue weighted by atomic mass is 10.1. The molecule has 5 nitrogen and oxygen atoms in total. The zero-order valence-corrected chi connectivity index (χ0v) is 11.2. The predicted molar refractivity (Wildman–Crippen MR) is 70.3 cm³/mol. The van der Waals surface area contributed by atoms with E-state index in [0.29, 0.717) is 5.69 Å². The molecule has 0 radical (unpaired) electrons. The van der Waals surface area contributed by atoms with Crippen molar-refractivity contribution in [2.75, 3.05) is 31.1 Å². The van der Waals surface area contributed by atoms with Crippen LogP contribution in [-0.2, 0) is 0 Å². The fourth-order valence-electron chi connectivity index (χ4n) is 2.15. The molecular formula is C13H19N5. The molecule has 1 saturated heterocycles. The van der Waals surface area contributed by atoms with E-state index in [2.05, 4.69) is 40.5 Å². The Hall–Kier alpha value is -1.67. The molecule has 0 aliphatic carbocycles. The van der Waals surface area contributed by atoms with Crippen LogP contribution in [0.1, 0.15) is 26.5 Å². The molecule has 2 rings (SSSR count). The lowest BCUT2D eigenvalue weighted by Crippen LogP contribution is -2.53. The number of piperazine rings is 1. The third-order valence-electron chi connectivity index (χ3n) is 3.31. The summed E-state index contributed by atoms with van der Waals surface area (Å²) in [6, 6.07) is 1.98. The van der Waals surface area contributed by atoms with Crippen LogP contribution >= 0.6 is 0 Å². The van der Waals surface area contributed by atoms with Crippen LogP contribution in [0.15, 0.2) is 12.4 Å². The van der Waals surface area contributed by atoms with Crippen LogP contribution in [0.5, 0.6) is 0 Å². The number of hydrogen-bond acceptors (Lipinski definition) is 5. The Labute approximate surface area is 108 Å². The van der Waals surface area contributed by atoms with Gasteiger partial charge in [-0.05, 0) is 20.8 Å². The molecule has 1 aliphatic rings. The van der Waals surface area contributed by atoms with Crippen LogP contribution in [0.2, 0.25) is 0 Å². The molecule has 1 fully saturated rings. The van der Waals surface area contributed by atoms with E-state index in [1.54, 1.807) is 6.20 Å². The first-order valence-corrected chi connectivity index (χ1v) is 6.23. The summed E-state index contributed by atoms with van der Waals surface area (Å²) in [7, 11) is 0. The summed E-state index contributed by atoms with van der Waals surface area (Å²) in [5, 5.41) is 8.69. The molecule has 0 aromatic carbocycles. The molecule has 0 spiro atoms. The zero-order valence-electron chi connectivity index (χ0n) is 11.2. The summed E-state index contributed by atoms with van der Waals surface area (Å²) in [6.45, 7) is 10.7. The van der Waals surface area contributed by atoms with Crippen LogP contribution in [0, 0.1) is 11.3 Å². The first kappa shape index (κ1) is 12.8. The van der Waals surface area contributed by atoms with Gasteiger partial charge in [-0.3, -0.25) is 4.90 Å². The highest BCUT2D eigenvalue weighted by molar-refractivity contribution is 5.37. The van der Waals surface area contributed by atoms with Gasteiger partial charge in [-0.1, -0.05) is 0 Å². The van der Waals surface area contributed by atoms with Crippen molar-refractivity contribution in [2.24, 2.45) is 0 Å². The highest BCUT2D eigenvalue weighted by atomic mass is 15.3. The standard InChI is InChI=1S/C13H19N5/c1-13(2,3)18-6-4-17(5-7-18)12-10-15-11(8-14)9-16-12/h9-10H,4-7H2,1-3H3. The van der Waals surface area contributed by atoms with Gasteiger partial charge in [-0.2, -0.15) is 5.26 Å². The third-order valence-corrected chi connectivity index (χ3v) is 3.31. The lowest BCUT2D eigenvalue weighted by molar-refractivity contribution is 0.128. The van der Waals surface area contributed by atoms with Crippen molar-refractivity contribution >= 4 is 5.82 Å². The van der Waals surface area contributed by atoms with Crippen LogP contribution in [0.3, 0.4) is 0 Å². The van der Waals surface area contributed by atoms with Crippen molar-refractivity contribution in [3.8, 4) is 6.07 Å². The summed E-state index contributed by atoms with van der Waals surface area (Å²) in [5.41, 5.74) is 0.592. The minimum Gasteiger partial charge on any atom is -0.353 e. The Morgan fingerprint density at radius 2 is 1.78 bits per heavy atom. The zero-order chi connectivity index (χ0) is 13.2. The van der Waals surface area contributed by atoms with Crippen molar-refractivity contribution in [1.29, 1.82) is 5.26 Å². The highest BCUT2D eigenvalue weighted by Gasteiger charge is 2.26. The smallest absolute Gasteiger partial charge is 0.158 e. The summed E-state index contributed by atoms with van der Waals surface area (Å²) in [6.07, 6.45) is 3.22. The maximum atomic E-state index is 8.69. The first-order valence-electron chi connectivity index (χ1n) is 6.23. The molecule has 0 atom stereocenters. The molecule has 0 saturated carbocycles. The molecule has 1 aliphatic heterocycles. The normalized spacial score (nSPS) is 17.6. The molecule has 0 unspecified atom stereocenters. The SMILES string of the molecule is CC(C)(C)N1CCN(c2cnc(C#N)cn2)CC1. The van der Waals surface area contributed by atoms with Gasteiger partial charge in [0.25, 0.3) is 0 Å². The average molecular weight is 245 g/mol. The Morgan fingerprint density at radius 3 is 2.22 bits per heavy atom. The molecular weight excluding hydrogens is 226 g/mol. The van der Waals surface area contributed by atoms with Crippen LogP contribution in [-0.4, -0.2) is 46.6 Å². The predicted octanol–water partition coefficient (Wildman–Crippen LogP) is 1.27. The van der Waals surface area contributed by atoms with Gasteiger partial charge in [0, 0.05) is 31.7 Å². The summed E-state index contributed by atoms with van der Waals surface area (Å²) in [5.74, 6) is 0.863. The maximum Gasteiger partial charge on any atom is 0.158 e. The largest absolute Gasteiger partial charge is 0.353 e. The van der Waals surface area contributed by atoms with E-state index in [9.17, 15) is 0 Å². The van der Waals surface area contributed by atoms with E-state index in [0.717, 1.165) is 32.0 Å². The van der Waals surface area contributed by atoms with Gasteiger partial charge < -0.3 is 4.90 Å². The minimum atomic E-state index is 0.225. The molecule has 5 heteroatoms. The number of nitrogens with zero attached hydrogens (tertiary/aromatic N) is 5. The van der Waals surface area contributed by atoms with Crippen molar-refractivity contribution in [2.45, 2.75) is 26.3 Å². The van der Waals surface area contributed by atoms with Crippen molar-refractivity contribution in [3.63, 3.8) is 0 Å². The molecule has 2 heterocycles. The van der Waals surface area contributed by atoms with E-state index in [1.807, 2.05) is 6.07 Å². The summed E-state index contributed by atoms with van der Waals surface area (Å²) in [4.78, 5) is 13.0.